The van der Waals surface area contributed by atoms with Crippen LogP contribution >= 0.6 is 0 Å². The molecule has 0 saturated carbocycles. The van der Waals surface area contributed by atoms with Gasteiger partial charge in [0, 0.05) is 6.54 Å². The van der Waals surface area contributed by atoms with Crippen molar-refractivity contribution in [2.45, 2.75) is 6.54 Å². The van der Waals surface area contributed by atoms with Gasteiger partial charge in [-0.3, -0.25) is 14.6 Å². The third-order valence-electron chi connectivity index (χ3n) is 2.01. The Hall–Kier alpha value is -2.44. The second kappa shape index (κ2) is 3.97. The summed E-state index contributed by atoms with van der Waals surface area (Å²) in [5.74, 6) is 0.0404. The molecule has 0 bridgehead atoms. The molecule has 2 aromatic rings. The van der Waals surface area contributed by atoms with E-state index in [1.54, 1.807) is 10.6 Å². The van der Waals surface area contributed by atoms with Gasteiger partial charge in [0.15, 0.2) is 11.2 Å². The molecule has 0 aliphatic rings. The average Bonchev–Trinajstić information content (AvgIpc) is 2.62. The number of nitrogens with two attached hydrogens (primary N) is 1. The Labute approximate surface area is 89.6 Å². The molecule has 0 spiro atoms. The molecule has 0 amide bonds. The predicted octanol–water partition coefficient (Wildman–Crippen LogP) is -0.543. The number of aromatic amines is 1. The molecular formula is C9H9N5O2. The van der Waals surface area contributed by atoms with E-state index in [0.717, 1.165) is 0 Å². The van der Waals surface area contributed by atoms with Crippen molar-refractivity contribution >= 4 is 23.4 Å². The fourth-order valence-corrected chi connectivity index (χ4v) is 1.33. The van der Waals surface area contributed by atoms with Crippen molar-refractivity contribution in [2.75, 3.05) is 5.73 Å². The molecule has 0 aliphatic heterocycles. The number of nitrogen functional groups attached to an aromatic ring is 1. The maximum Gasteiger partial charge on any atom is 0.280 e. The lowest BCUT2D eigenvalue weighted by molar-refractivity contribution is -0.104. The topological polar surface area (TPSA) is 107 Å². The molecule has 2 rings (SSSR count). The number of allylic oxidation sites excluding steroid dienone is 2. The zero-order chi connectivity index (χ0) is 11.5. The summed E-state index contributed by atoms with van der Waals surface area (Å²) in [6.45, 7) is 0.408. The Morgan fingerprint density at radius 1 is 1.56 bits per heavy atom. The van der Waals surface area contributed by atoms with Crippen molar-refractivity contribution < 1.29 is 4.79 Å². The lowest BCUT2D eigenvalue weighted by Gasteiger charge is -1.98. The van der Waals surface area contributed by atoms with Crippen molar-refractivity contribution in [1.82, 2.24) is 19.5 Å². The van der Waals surface area contributed by atoms with Gasteiger partial charge in [0.05, 0.1) is 6.33 Å². The first kappa shape index (κ1) is 10.1. The van der Waals surface area contributed by atoms with Crippen molar-refractivity contribution in [2.24, 2.45) is 0 Å². The molecule has 0 unspecified atom stereocenters. The number of aromatic nitrogens is 4. The Morgan fingerprint density at radius 2 is 2.38 bits per heavy atom. The summed E-state index contributed by atoms with van der Waals surface area (Å²) < 4.78 is 1.63. The molecule has 0 aromatic carbocycles. The monoisotopic (exact) mass is 219 g/mol. The third-order valence-corrected chi connectivity index (χ3v) is 2.01. The summed E-state index contributed by atoms with van der Waals surface area (Å²) in [4.78, 5) is 31.8. The minimum atomic E-state index is -0.374. The Balaban J connectivity index is 2.51. The highest BCUT2D eigenvalue weighted by Gasteiger charge is 2.07. The van der Waals surface area contributed by atoms with Gasteiger partial charge in [0.2, 0.25) is 5.95 Å². The normalized spacial score (nSPS) is 11.2. The van der Waals surface area contributed by atoms with E-state index in [-0.39, 0.29) is 17.0 Å². The number of carbonyl (C=O) groups excluding carboxylic acids is 1. The number of nitrogens with zero attached hydrogens (tertiary/aromatic N) is 3. The van der Waals surface area contributed by atoms with Crippen LogP contribution in [0.15, 0.2) is 23.3 Å². The smallest absolute Gasteiger partial charge is 0.280 e. The molecule has 2 heterocycles. The summed E-state index contributed by atoms with van der Waals surface area (Å²) in [7, 11) is 0. The largest absolute Gasteiger partial charge is 0.369 e. The molecule has 3 N–H and O–H groups in total. The summed E-state index contributed by atoms with van der Waals surface area (Å²) in [5.41, 5.74) is 5.68. The van der Waals surface area contributed by atoms with Crippen LogP contribution in [0.5, 0.6) is 0 Å². The number of anilines is 1. The zero-order valence-corrected chi connectivity index (χ0v) is 8.25. The highest BCUT2D eigenvalue weighted by molar-refractivity contribution is 5.70. The Bertz CT molecular complexity index is 610. The highest BCUT2D eigenvalue weighted by atomic mass is 16.1. The molecule has 7 heteroatoms. The first-order valence-electron chi connectivity index (χ1n) is 4.53. The van der Waals surface area contributed by atoms with Gasteiger partial charge in [-0.1, -0.05) is 6.08 Å². The minimum absolute atomic E-state index is 0.0404. The van der Waals surface area contributed by atoms with Crippen LogP contribution in [0.4, 0.5) is 5.95 Å². The lowest BCUT2D eigenvalue weighted by atomic mass is 10.5. The summed E-state index contributed by atoms with van der Waals surface area (Å²) in [6, 6.07) is 0. The standard InChI is InChI=1S/C9H9N5O2/c10-9-12-7-6(8(16)13-9)11-5-14(7)3-1-2-4-15/h1-2,4-5H,3H2,(H3,10,12,13,16)/b2-1+. The van der Waals surface area contributed by atoms with Gasteiger partial charge >= 0.3 is 0 Å². The molecule has 82 valence electrons. The zero-order valence-electron chi connectivity index (χ0n) is 8.25. The maximum absolute atomic E-state index is 11.4. The highest BCUT2D eigenvalue weighted by Crippen LogP contribution is 2.05. The van der Waals surface area contributed by atoms with E-state index >= 15 is 0 Å². The fourth-order valence-electron chi connectivity index (χ4n) is 1.33. The second-order valence-electron chi connectivity index (χ2n) is 3.08. The maximum atomic E-state index is 11.4. The van der Waals surface area contributed by atoms with Crippen molar-refractivity contribution in [1.29, 1.82) is 0 Å². The van der Waals surface area contributed by atoms with Crippen LogP contribution < -0.4 is 11.3 Å². The molecular weight excluding hydrogens is 210 g/mol. The molecule has 0 fully saturated rings. The second-order valence-corrected chi connectivity index (χ2v) is 3.08. The number of H-pyrrole nitrogens is 1. The van der Waals surface area contributed by atoms with E-state index in [4.69, 9.17) is 5.73 Å². The first-order chi connectivity index (χ1) is 7.72. The van der Waals surface area contributed by atoms with E-state index in [1.165, 1.54) is 12.4 Å². The van der Waals surface area contributed by atoms with E-state index in [0.29, 0.717) is 18.5 Å². The predicted molar refractivity (Wildman–Crippen MR) is 57.8 cm³/mol. The van der Waals surface area contributed by atoms with E-state index < -0.39 is 0 Å². The van der Waals surface area contributed by atoms with Crippen LogP contribution in [0.25, 0.3) is 11.2 Å². The molecule has 16 heavy (non-hydrogen) atoms. The third kappa shape index (κ3) is 1.70. The van der Waals surface area contributed by atoms with Gasteiger partial charge in [-0.2, -0.15) is 4.98 Å². The molecule has 0 saturated heterocycles. The average molecular weight is 219 g/mol. The van der Waals surface area contributed by atoms with Crippen molar-refractivity contribution in [3.05, 3.63) is 28.8 Å². The molecule has 0 radical (unpaired) electrons. The van der Waals surface area contributed by atoms with E-state index in [2.05, 4.69) is 15.0 Å². The number of aldehydes is 1. The van der Waals surface area contributed by atoms with Crippen LogP contribution in [-0.4, -0.2) is 25.8 Å². The van der Waals surface area contributed by atoms with Gasteiger partial charge in [-0.15, -0.1) is 0 Å². The van der Waals surface area contributed by atoms with Crippen LogP contribution in [0.2, 0.25) is 0 Å². The number of hydrogen-bond donors (Lipinski definition) is 2. The summed E-state index contributed by atoms with van der Waals surface area (Å²) >= 11 is 0. The van der Waals surface area contributed by atoms with Gasteiger partial charge in [-0.25, -0.2) is 4.98 Å². The number of rotatable bonds is 3. The number of hydrogen-bond acceptors (Lipinski definition) is 5. The van der Waals surface area contributed by atoms with Crippen molar-refractivity contribution in [3.63, 3.8) is 0 Å². The van der Waals surface area contributed by atoms with Gasteiger partial charge in [-0.05, 0) is 6.08 Å². The SMILES string of the molecule is Nc1nc2c(ncn2C/C=C/C=O)c(=O)[nH]1. The summed E-state index contributed by atoms with van der Waals surface area (Å²) in [5, 5.41) is 0. The molecule has 0 aliphatic carbocycles. The van der Waals surface area contributed by atoms with Gasteiger partial charge in [0.1, 0.15) is 6.29 Å². The summed E-state index contributed by atoms with van der Waals surface area (Å²) in [6.07, 6.45) is 5.14. The van der Waals surface area contributed by atoms with Crippen LogP contribution in [0.3, 0.4) is 0 Å². The lowest BCUT2D eigenvalue weighted by Crippen LogP contribution is -2.12. The van der Waals surface area contributed by atoms with Crippen LogP contribution in [0, 0.1) is 0 Å². The van der Waals surface area contributed by atoms with E-state index in [1.807, 2.05) is 0 Å². The Kier molecular flexibility index (Phi) is 2.50. The minimum Gasteiger partial charge on any atom is -0.369 e. The first-order valence-corrected chi connectivity index (χ1v) is 4.53. The van der Waals surface area contributed by atoms with Crippen LogP contribution in [0.1, 0.15) is 0 Å². The van der Waals surface area contributed by atoms with Gasteiger partial charge < -0.3 is 10.3 Å². The molecule has 7 nitrogen and oxygen atoms in total. The number of nitrogens with one attached hydrogen (secondary N) is 1. The Morgan fingerprint density at radius 3 is 3.12 bits per heavy atom. The van der Waals surface area contributed by atoms with Crippen molar-refractivity contribution in [3.8, 4) is 0 Å². The number of carbonyl (C=O) groups is 1. The molecule has 2 aromatic heterocycles. The quantitative estimate of drug-likeness (QED) is 0.532. The van der Waals surface area contributed by atoms with Gasteiger partial charge in [0.25, 0.3) is 5.56 Å². The van der Waals surface area contributed by atoms with Crippen LogP contribution in [-0.2, 0) is 11.3 Å². The number of imidazole rings is 1. The molecule has 0 atom stereocenters. The van der Waals surface area contributed by atoms with E-state index in [9.17, 15) is 9.59 Å². The fraction of sp³-hybridized carbons (Fsp3) is 0.111. The number of fused-ring (bicyclic) bond motifs is 1.